The molecule has 1 aromatic heterocycles. The standard InChI is InChI=1S/C22H20ClF3N2OS/c1-3-15(11-14-7-5-4-6-8-14)20(29)28(2)21-27-19(13-30-21)17-12-16(23)9-10-18(17)22(24,25)26/h4-10,12-13,15H,3,11H2,1-2H3/t15-/m1/s1. The number of carbonyl (C=O) groups is 1. The molecule has 158 valence electrons. The molecule has 1 atom stereocenters. The summed E-state index contributed by atoms with van der Waals surface area (Å²) in [6, 6.07) is 13.1. The van der Waals surface area contributed by atoms with Crippen molar-refractivity contribution in [1.82, 2.24) is 4.98 Å². The number of amides is 1. The molecule has 8 heteroatoms. The van der Waals surface area contributed by atoms with E-state index in [2.05, 4.69) is 4.98 Å². The van der Waals surface area contributed by atoms with E-state index in [1.54, 1.807) is 7.05 Å². The summed E-state index contributed by atoms with van der Waals surface area (Å²) in [5.41, 5.74) is 0.281. The molecule has 0 radical (unpaired) electrons. The van der Waals surface area contributed by atoms with Gasteiger partial charge in [0.1, 0.15) is 0 Å². The van der Waals surface area contributed by atoms with E-state index in [9.17, 15) is 18.0 Å². The fourth-order valence-corrected chi connectivity index (χ4v) is 4.16. The lowest BCUT2D eigenvalue weighted by molar-refractivity contribution is -0.137. The van der Waals surface area contributed by atoms with Crippen molar-refractivity contribution in [3.63, 3.8) is 0 Å². The lowest BCUT2D eigenvalue weighted by Gasteiger charge is -2.21. The third-order valence-electron chi connectivity index (χ3n) is 4.84. The number of hydrogen-bond donors (Lipinski definition) is 0. The number of nitrogens with zero attached hydrogens (tertiary/aromatic N) is 2. The first-order valence-corrected chi connectivity index (χ1v) is 10.6. The molecule has 30 heavy (non-hydrogen) atoms. The third-order valence-corrected chi connectivity index (χ3v) is 5.99. The van der Waals surface area contributed by atoms with E-state index in [0.29, 0.717) is 18.0 Å². The first kappa shape index (κ1) is 22.3. The maximum absolute atomic E-state index is 13.4. The fraction of sp³-hybridized carbons (Fsp3) is 0.273. The van der Waals surface area contributed by atoms with Gasteiger partial charge < -0.3 is 0 Å². The van der Waals surface area contributed by atoms with E-state index in [1.807, 2.05) is 37.3 Å². The highest BCUT2D eigenvalue weighted by atomic mass is 35.5. The van der Waals surface area contributed by atoms with Crippen LogP contribution in [0, 0.1) is 5.92 Å². The Hall–Kier alpha value is -2.38. The second-order valence-electron chi connectivity index (χ2n) is 6.90. The average Bonchev–Trinajstić information content (AvgIpc) is 3.21. The molecular weight excluding hydrogens is 433 g/mol. The molecule has 2 aromatic carbocycles. The molecule has 0 N–H and O–H groups in total. The van der Waals surface area contributed by atoms with Crippen molar-refractivity contribution >= 4 is 34.0 Å². The lowest BCUT2D eigenvalue weighted by atomic mass is 9.96. The van der Waals surface area contributed by atoms with Gasteiger partial charge in [0.05, 0.1) is 11.3 Å². The highest BCUT2D eigenvalue weighted by Gasteiger charge is 2.34. The average molecular weight is 453 g/mol. The van der Waals surface area contributed by atoms with Crippen molar-refractivity contribution in [3.05, 3.63) is 70.1 Å². The maximum Gasteiger partial charge on any atom is 0.417 e. The van der Waals surface area contributed by atoms with Crippen molar-refractivity contribution in [3.8, 4) is 11.3 Å². The van der Waals surface area contributed by atoms with E-state index < -0.39 is 11.7 Å². The van der Waals surface area contributed by atoms with Gasteiger partial charge in [0.15, 0.2) is 5.13 Å². The smallest absolute Gasteiger partial charge is 0.291 e. The second kappa shape index (κ2) is 9.18. The highest BCUT2D eigenvalue weighted by Crippen LogP contribution is 2.39. The van der Waals surface area contributed by atoms with Gasteiger partial charge in [0, 0.05) is 28.9 Å². The first-order chi connectivity index (χ1) is 14.2. The van der Waals surface area contributed by atoms with Gasteiger partial charge in [-0.3, -0.25) is 9.69 Å². The Balaban J connectivity index is 1.85. The van der Waals surface area contributed by atoms with E-state index in [-0.39, 0.29) is 28.1 Å². The summed E-state index contributed by atoms with van der Waals surface area (Å²) in [7, 11) is 1.60. The number of halogens is 4. The lowest BCUT2D eigenvalue weighted by Crippen LogP contribution is -2.33. The SMILES string of the molecule is CC[C@H](Cc1ccccc1)C(=O)N(C)c1nc(-c2cc(Cl)ccc2C(F)(F)F)cs1. The zero-order valence-corrected chi connectivity index (χ0v) is 18.0. The predicted octanol–water partition coefficient (Wildman–Crippen LogP) is 6.71. The Bertz CT molecular complexity index is 1020. The van der Waals surface area contributed by atoms with Crippen LogP contribution in [0.4, 0.5) is 18.3 Å². The maximum atomic E-state index is 13.4. The largest absolute Gasteiger partial charge is 0.417 e. The van der Waals surface area contributed by atoms with Crippen molar-refractivity contribution in [2.24, 2.45) is 5.92 Å². The Morgan fingerprint density at radius 1 is 1.20 bits per heavy atom. The Morgan fingerprint density at radius 3 is 2.53 bits per heavy atom. The Kier molecular flexibility index (Phi) is 6.83. The van der Waals surface area contributed by atoms with Gasteiger partial charge in [-0.2, -0.15) is 13.2 Å². The van der Waals surface area contributed by atoms with Gasteiger partial charge in [-0.1, -0.05) is 48.9 Å². The van der Waals surface area contributed by atoms with E-state index in [1.165, 1.54) is 22.4 Å². The quantitative estimate of drug-likeness (QED) is 0.416. The van der Waals surface area contributed by atoms with Crippen LogP contribution >= 0.6 is 22.9 Å². The summed E-state index contributed by atoms with van der Waals surface area (Å²) in [5, 5.41) is 2.04. The van der Waals surface area contributed by atoms with Gasteiger partial charge in [-0.25, -0.2) is 4.98 Å². The predicted molar refractivity (Wildman–Crippen MR) is 115 cm³/mol. The molecule has 0 fully saturated rings. The molecule has 0 spiro atoms. The number of rotatable bonds is 6. The number of thiazole rings is 1. The third kappa shape index (κ3) is 5.02. The molecule has 0 aliphatic carbocycles. The number of benzene rings is 2. The summed E-state index contributed by atoms with van der Waals surface area (Å²) in [4.78, 5) is 18.7. The van der Waals surface area contributed by atoms with Crippen molar-refractivity contribution in [2.75, 3.05) is 11.9 Å². The zero-order valence-electron chi connectivity index (χ0n) is 16.4. The Morgan fingerprint density at radius 2 is 1.90 bits per heavy atom. The number of aromatic nitrogens is 1. The minimum Gasteiger partial charge on any atom is -0.291 e. The Labute approximate surface area is 182 Å². The molecule has 3 nitrogen and oxygen atoms in total. The summed E-state index contributed by atoms with van der Waals surface area (Å²) in [6.45, 7) is 1.94. The zero-order chi connectivity index (χ0) is 21.9. The number of carbonyl (C=O) groups excluding carboxylic acids is 1. The highest BCUT2D eigenvalue weighted by molar-refractivity contribution is 7.14. The summed E-state index contributed by atoms with van der Waals surface area (Å²) < 4.78 is 40.2. The van der Waals surface area contributed by atoms with Crippen LogP contribution in [-0.4, -0.2) is 17.9 Å². The molecule has 0 saturated heterocycles. The van der Waals surface area contributed by atoms with E-state index >= 15 is 0 Å². The van der Waals surface area contributed by atoms with Crippen molar-refractivity contribution in [1.29, 1.82) is 0 Å². The van der Waals surface area contributed by atoms with Crippen LogP contribution in [0.2, 0.25) is 5.02 Å². The van der Waals surface area contributed by atoms with Crippen molar-refractivity contribution < 1.29 is 18.0 Å². The van der Waals surface area contributed by atoms with E-state index in [4.69, 9.17) is 11.6 Å². The number of anilines is 1. The van der Waals surface area contributed by atoms with Crippen LogP contribution < -0.4 is 4.90 Å². The van der Waals surface area contributed by atoms with Gasteiger partial charge in [-0.15, -0.1) is 11.3 Å². The van der Waals surface area contributed by atoms with Crippen LogP contribution in [0.5, 0.6) is 0 Å². The molecule has 3 aromatic rings. The number of hydrogen-bond acceptors (Lipinski definition) is 3. The van der Waals surface area contributed by atoms with Gasteiger partial charge in [0.2, 0.25) is 5.91 Å². The fourth-order valence-electron chi connectivity index (χ4n) is 3.19. The van der Waals surface area contributed by atoms with Gasteiger partial charge in [0.25, 0.3) is 0 Å². The van der Waals surface area contributed by atoms with Crippen LogP contribution in [0.15, 0.2) is 53.9 Å². The molecule has 1 amide bonds. The second-order valence-corrected chi connectivity index (χ2v) is 8.17. The van der Waals surface area contributed by atoms with Crippen LogP contribution in [0.1, 0.15) is 24.5 Å². The van der Waals surface area contributed by atoms with Crippen LogP contribution in [-0.2, 0) is 17.4 Å². The normalized spacial score (nSPS) is 12.6. The molecule has 1 heterocycles. The minimum atomic E-state index is -4.53. The minimum absolute atomic E-state index is 0.102. The molecule has 0 unspecified atom stereocenters. The van der Waals surface area contributed by atoms with Gasteiger partial charge >= 0.3 is 6.18 Å². The summed E-state index contributed by atoms with van der Waals surface area (Å²) in [6.07, 6.45) is -3.30. The monoisotopic (exact) mass is 452 g/mol. The summed E-state index contributed by atoms with van der Waals surface area (Å²) in [5.74, 6) is -0.369. The van der Waals surface area contributed by atoms with Gasteiger partial charge in [-0.05, 0) is 36.6 Å². The molecule has 0 aliphatic rings. The molecule has 0 bridgehead atoms. The van der Waals surface area contributed by atoms with Crippen molar-refractivity contribution in [2.45, 2.75) is 25.9 Å². The molecule has 3 rings (SSSR count). The first-order valence-electron chi connectivity index (χ1n) is 9.34. The summed E-state index contributed by atoms with van der Waals surface area (Å²) >= 11 is 7.04. The topological polar surface area (TPSA) is 33.2 Å². The van der Waals surface area contributed by atoms with Crippen LogP contribution in [0.25, 0.3) is 11.3 Å². The van der Waals surface area contributed by atoms with E-state index in [0.717, 1.165) is 23.0 Å². The number of alkyl halides is 3. The molecule has 0 aliphatic heterocycles. The molecular formula is C22H20ClF3N2OS. The molecule has 0 saturated carbocycles. The van der Waals surface area contributed by atoms with Crippen LogP contribution in [0.3, 0.4) is 0 Å².